The Kier molecular flexibility index (Phi) is 8.47. The fraction of sp³-hybridized carbons (Fsp3) is 0.240. The third-order valence-electron chi connectivity index (χ3n) is 4.82. The summed E-state index contributed by atoms with van der Waals surface area (Å²) in [5.41, 5.74) is 1.84. The first-order chi connectivity index (χ1) is 16.6. The van der Waals surface area contributed by atoms with Gasteiger partial charge in [0.2, 0.25) is 0 Å². The largest absolute Gasteiger partial charge is 0.444 e. The van der Waals surface area contributed by atoms with Gasteiger partial charge in [0, 0.05) is 16.6 Å². The molecule has 0 spiro atoms. The summed E-state index contributed by atoms with van der Waals surface area (Å²) in [7, 11) is -2.80. The number of hydrogen-bond donors (Lipinski definition) is 3. The molecule has 0 aliphatic carbocycles. The molecule has 10 heteroatoms. The number of hydrogen-bond acceptors (Lipinski definition) is 6. The second kappa shape index (κ2) is 11.3. The monoisotopic (exact) mass is 511 g/mol. The van der Waals surface area contributed by atoms with Crippen molar-refractivity contribution < 1.29 is 23.8 Å². The van der Waals surface area contributed by atoms with Gasteiger partial charge < -0.3 is 14.9 Å². The molecule has 8 nitrogen and oxygen atoms in total. The van der Waals surface area contributed by atoms with Crippen LogP contribution in [0.2, 0.25) is 0 Å². The highest BCUT2D eigenvalue weighted by Crippen LogP contribution is 2.32. The Morgan fingerprint density at radius 3 is 2.40 bits per heavy atom. The molecule has 0 radical (unpaired) electrons. The van der Waals surface area contributed by atoms with Gasteiger partial charge >= 0.3 is 6.09 Å². The number of carbonyl (C=O) groups is 2. The van der Waals surface area contributed by atoms with Crippen LogP contribution in [0.5, 0.6) is 0 Å². The van der Waals surface area contributed by atoms with Gasteiger partial charge in [-0.1, -0.05) is 24.3 Å². The van der Waals surface area contributed by atoms with E-state index < -0.39 is 31.5 Å². The van der Waals surface area contributed by atoms with Gasteiger partial charge in [-0.05, 0) is 67.6 Å². The average molecular weight is 512 g/mol. The van der Waals surface area contributed by atoms with Crippen LogP contribution in [-0.4, -0.2) is 28.7 Å². The Labute approximate surface area is 208 Å². The van der Waals surface area contributed by atoms with Crippen LogP contribution in [-0.2, 0) is 9.30 Å². The van der Waals surface area contributed by atoms with Gasteiger partial charge in [-0.2, -0.15) is 5.26 Å². The Balaban J connectivity index is 1.85. The smallest absolute Gasteiger partial charge is 0.412 e. The maximum atomic E-state index is 13.0. The lowest BCUT2D eigenvalue weighted by atomic mass is 10.0. The van der Waals surface area contributed by atoms with E-state index in [1.807, 2.05) is 29.6 Å². The minimum atomic E-state index is -2.80. The van der Waals surface area contributed by atoms with E-state index in [9.17, 15) is 19.4 Å². The van der Waals surface area contributed by atoms with Crippen molar-refractivity contribution >= 4 is 42.7 Å². The second-order valence-electron chi connectivity index (χ2n) is 8.72. The van der Waals surface area contributed by atoms with Gasteiger partial charge in [-0.25, -0.2) is 4.79 Å². The number of rotatable bonds is 7. The van der Waals surface area contributed by atoms with Crippen molar-refractivity contribution in [2.24, 2.45) is 0 Å². The molecular weight excluding hydrogens is 485 g/mol. The first kappa shape index (κ1) is 26.2. The van der Waals surface area contributed by atoms with E-state index in [1.165, 1.54) is 0 Å². The molecule has 1 aromatic heterocycles. The molecule has 0 bridgehead atoms. The number of carbonyl (C=O) groups excluding carboxylic acids is 2. The summed E-state index contributed by atoms with van der Waals surface area (Å²) < 4.78 is 16.5. The topological polar surface area (TPSA) is 129 Å². The third kappa shape index (κ3) is 7.52. The summed E-state index contributed by atoms with van der Waals surface area (Å²) in [5.74, 6) is -1.15. The van der Waals surface area contributed by atoms with Crippen molar-refractivity contribution in [2.45, 2.75) is 32.3 Å². The van der Waals surface area contributed by atoms with Crippen LogP contribution >= 0.6 is 19.4 Å². The Morgan fingerprint density at radius 1 is 1.11 bits per heavy atom. The Hall–Kier alpha value is -3.44. The lowest BCUT2D eigenvalue weighted by Gasteiger charge is -2.21. The lowest BCUT2D eigenvalue weighted by Crippen LogP contribution is -2.27. The third-order valence-corrected chi connectivity index (χ3v) is 6.50. The van der Waals surface area contributed by atoms with Crippen LogP contribution in [0, 0.1) is 11.3 Å². The molecule has 1 heterocycles. The number of nitrogens with one attached hydrogen (secondary N) is 2. The van der Waals surface area contributed by atoms with Crippen LogP contribution in [0.4, 0.5) is 16.2 Å². The Bertz CT molecular complexity index is 1260. The van der Waals surface area contributed by atoms with Gasteiger partial charge in [0.25, 0.3) is 5.91 Å². The molecule has 3 N–H and O–H groups in total. The van der Waals surface area contributed by atoms with Crippen LogP contribution in [0.25, 0.3) is 10.4 Å². The van der Waals surface area contributed by atoms with Crippen molar-refractivity contribution in [2.75, 3.05) is 16.8 Å². The van der Waals surface area contributed by atoms with Gasteiger partial charge in [0.05, 0.1) is 23.4 Å². The highest BCUT2D eigenvalue weighted by Gasteiger charge is 2.19. The van der Waals surface area contributed by atoms with Crippen LogP contribution in [0.3, 0.4) is 0 Å². The van der Waals surface area contributed by atoms with Gasteiger partial charge in [0.15, 0.2) is 8.03 Å². The number of anilines is 2. The summed E-state index contributed by atoms with van der Waals surface area (Å²) in [6, 6.07) is 17.5. The van der Waals surface area contributed by atoms with Crippen molar-refractivity contribution in [3.05, 3.63) is 71.1 Å². The van der Waals surface area contributed by atoms with Crippen LogP contribution < -0.4 is 10.6 Å². The number of nitrogens with zero attached hydrogens (tertiary/aromatic N) is 1. The minimum Gasteiger partial charge on any atom is -0.444 e. The first-order valence-corrected chi connectivity index (χ1v) is 13.2. The van der Waals surface area contributed by atoms with Gasteiger partial charge in [-0.3, -0.25) is 14.7 Å². The molecule has 2 unspecified atom stereocenters. The van der Waals surface area contributed by atoms with Crippen LogP contribution in [0.1, 0.15) is 42.6 Å². The van der Waals surface area contributed by atoms with E-state index in [0.29, 0.717) is 22.5 Å². The quantitative estimate of drug-likeness (QED) is 0.329. The fourth-order valence-corrected chi connectivity index (χ4v) is 4.64. The summed E-state index contributed by atoms with van der Waals surface area (Å²) in [5, 5.41) is 16.7. The molecule has 0 aliphatic heterocycles. The normalized spacial score (nSPS) is 12.8. The molecule has 2 amide bonds. The Morgan fingerprint density at radius 2 is 1.83 bits per heavy atom. The van der Waals surface area contributed by atoms with E-state index in [4.69, 9.17) is 9.63 Å². The van der Waals surface area contributed by atoms with E-state index in [1.54, 1.807) is 68.5 Å². The zero-order chi connectivity index (χ0) is 25.6. The highest BCUT2D eigenvalue weighted by atomic mass is 32.1. The maximum Gasteiger partial charge on any atom is 0.412 e. The van der Waals surface area contributed by atoms with Crippen molar-refractivity contribution in [1.82, 2.24) is 0 Å². The standard InChI is InChI=1S/C25H26N3O5PS/c1-25(2,3)33-24(30)28-20-11-10-18(22-5-4-12-35-22)13-21(20)27-23(29)17-8-6-16(7-9-17)19(14-26)15-34(31)32/h4-13,19,34H,15H2,1-3H3,(H,27,29)(H,28,30)(H,31,32). The predicted octanol–water partition coefficient (Wildman–Crippen LogP) is 6.09. The second-order valence-corrected chi connectivity index (χ2v) is 10.9. The van der Waals surface area contributed by atoms with E-state index in [-0.39, 0.29) is 6.16 Å². The SMILES string of the molecule is CC(C)(C)OC(=O)Nc1ccc(-c2cccs2)cc1NC(=O)c1ccc(C(C#N)C[PH](=O)O)cc1. The molecule has 2 atom stereocenters. The summed E-state index contributed by atoms with van der Waals surface area (Å²) >= 11 is 1.55. The molecule has 3 aromatic rings. The zero-order valence-corrected chi connectivity index (χ0v) is 21.3. The molecule has 35 heavy (non-hydrogen) atoms. The van der Waals surface area contributed by atoms with E-state index in [0.717, 1.165) is 10.4 Å². The van der Waals surface area contributed by atoms with Crippen LogP contribution in [0.15, 0.2) is 60.0 Å². The summed E-state index contributed by atoms with van der Waals surface area (Å²) in [6.45, 7) is 5.28. The highest BCUT2D eigenvalue weighted by molar-refractivity contribution is 7.38. The predicted molar refractivity (Wildman–Crippen MR) is 138 cm³/mol. The van der Waals surface area contributed by atoms with Crippen molar-refractivity contribution in [3.63, 3.8) is 0 Å². The number of thiophene rings is 1. The molecular formula is C25H26N3O5PS. The van der Waals surface area contributed by atoms with Gasteiger partial charge in [-0.15, -0.1) is 11.3 Å². The molecule has 182 valence electrons. The average Bonchev–Trinajstić information content (AvgIpc) is 3.32. The van der Waals surface area contributed by atoms with Crippen molar-refractivity contribution in [1.29, 1.82) is 5.26 Å². The zero-order valence-electron chi connectivity index (χ0n) is 19.5. The maximum absolute atomic E-state index is 13.0. The minimum absolute atomic E-state index is 0.137. The number of ether oxygens (including phenoxy) is 1. The van der Waals surface area contributed by atoms with E-state index in [2.05, 4.69) is 10.6 Å². The van der Waals surface area contributed by atoms with Crippen molar-refractivity contribution in [3.8, 4) is 16.5 Å². The molecule has 3 rings (SSSR count). The summed E-state index contributed by atoms with van der Waals surface area (Å²) in [6.07, 6.45) is -0.783. The molecule has 0 aliphatic rings. The number of nitriles is 1. The first-order valence-electron chi connectivity index (χ1n) is 10.8. The fourth-order valence-electron chi connectivity index (χ4n) is 3.24. The van der Waals surface area contributed by atoms with Gasteiger partial charge in [0.1, 0.15) is 5.60 Å². The van der Waals surface area contributed by atoms with E-state index >= 15 is 0 Å². The molecule has 0 fully saturated rings. The lowest BCUT2D eigenvalue weighted by molar-refractivity contribution is 0.0635. The summed E-state index contributed by atoms with van der Waals surface area (Å²) in [4.78, 5) is 35.5. The molecule has 0 saturated carbocycles. The number of benzene rings is 2. The number of amides is 2. The molecule has 2 aromatic carbocycles. The molecule has 0 saturated heterocycles.